The quantitative estimate of drug-likeness (QED) is 0.561. The lowest BCUT2D eigenvalue weighted by atomic mass is 10.6. The largest absolute Gasteiger partial charge is 0.306 e. The van der Waals surface area contributed by atoms with Crippen molar-refractivity contribution >= 4 is 11.1 Å². The Bertz CT molecular complexity index is 66.0. The monoisotopic (exact) mass is 126 g/mol. The molecule has 2 nitrogen and oxygen atoms in total. The first-order valence-electron chi connectivity index (χ1n) is 1.91. The minimum atomic E-state index is -1.81. The van der Waals surface area contributed by atoms with E-state index in [1.807, 2.05) is 0 Å². The predicted molar refractivity (Wildman–Crippen MR) is 26.2 cm³/mol. The molecule has 0 saturated carbocycles. The van der Waals surface area contributed by atoms with Crippen LogP contribution in [0, 0.1) is 0 Å². The van der Waals surface area contributed by atoms with E-state index < -0.39 is 17.8 Å². The summed E-state index contributed by atoms with van der Waals surface area (Å²) in [5.74, 6) is 0.0521. The lowest BCUT2D eigenvalue weighted by Crippen LogP contribution is -1.94. The minimum absolute atomic E-state index is 0.0521. The van der Waals surface area contributed by atoms with Crippen LogP contribution in [0.15, 0.2) is 0 Å². The molecule has 0 aliphatic carbocycles. The first-order chi connectivity index (χ1) is 3.27. The fraction of sp³-hybridized carbons (Fsp3) is 1.00. The Kier molecular flexibility index (Phi) is 4.23. The molecule has 0 saturated heterocycles. The van der Waals surface area contributed by atoms with E-state index >= 15 is 0 Å². The summed E-state index contributed by atoms with van der Waals surface area (Å²) < 4.78 is 28.8. The molecule has 0 amide bonds. The van der Waals surface area contributed by atoms with E-state index in [4.69, 9.17) is 4.55 Å². The van der Waals surface area contributed by atoms with Crippen molar-refractivity contribution in [1.82, 2.24) is 0 Å². The van der Waals surface area contributed by atoms with Gasteiger partial charge in [-0.1, -0.05) is 0 Å². The van der Waals surface area contributed by atoms with Gasteiger partial charge in [-0.15, -0.1) is 0 Å². The molecule has 1 atom stereocenters. The summed E-state index contributed by atoms with van der Waals surface area (Å²) in [5, 5.41) is 0. The molecule has 7 heavy (non-hydrogen) atoms. The minimum Gasteiger partial charge on any atom is -0.306 e. The van der Waals surface area contributed by atoms with E-state index in [0.29, 0.717) is 0 Å². The smallest absolute Gasteiger partial charge is 0.152 e. The second-order valence-corrected chi connectivity index (χ2v) is 2.12. The van der Waals surface area contributed by atoms with Crippen LogP contribution in [0.2, 0.25) is 0 Å². The first-order valence-corrected chi connectivity index (χ1v) is 3.18. The van der Waals surface area contributed by atoms with Crippen LogP contribution in [-0.2, 0) is 11.1 Å². The van der Waals surface area contributed by atoms with Gasteiger partial charge in [0, 0.05) is 0 Å². The Labute approximate surface area is 44.0 Å². The van der Waals surface area contributed by atoms with Crippen molar-refractivity contribution in [3.63, 3.8) is 0 Å². The summed E-state index contributed by atoms with van der Waals surface area (Å²) in [5.41, 5.74) is 0. The van der Waals surface area contributed by atoms with Crippen LogP contribution in [-0.4, -0.2) is 21.2 Å². The summed E-state index contributed by atoms with van der Waals surface area (Å²) in [6.45, 7) is -0.508. The molecule has 0 aliphatic rings. The van der Waals surface area contributed by atoms with Gasteiger partial charge in [-0.2, -0.15) is 0 Å². The van der Waals surface area contributed by atoms with Gasteiger partial charge in [0.25, 0.3) is 0 Å². The van der Waals surface area contributed by atoms with Crippen molar-refractivity contribution in [3.05, 3.63) is 0 Å². The van der Waals surface area contributed by atoms with Gasteiger partial charge in [0.1, 0.15) is 0 Å². The summed E-state index contributed by atoms with van der Waals surface area (Å²) in [6, 6.07) is 0. The number of hydrogen-bond donors (Lipinski definition) is 1. The van der Waals surface area contributed by atoms with E-state index in [2.05, 4.69) is 0 Å². The number of hydrogen-bond acceptors (Lipinski definition) is 1. The van der Waals surface area contributed by atoms with E-state index in [9.17, 15) is 8.60 Å². The molecule has 1 unspecified atom stereocenters. The van der Waals surface area contributed by atoms with Crippen molar-refractivity contribution in [2.24, 2.45) is 0 Å². The normalized spacial score (nSPS) is 14.0. The maximum Gasteiger partial charge on any atom is 0.152 e. The zero-order valence-corrected chi connectivity index (χ0v) is 4.58. The highest BCUT2D eigenvalue weighted by atomic mass is 32.2. The molecule has 0 aliphatic heterocycles. The molecule has 0 spiro atoms. The third-order valence-electron chi connectivity index (χ3n) is 0.453. The highest BCUT2D eigenvalue weighted by Crippen LogP contribution is 1.82. The summed E-state index contributed by atoms with van der Waals surface area (Å²) in [4.78, 5) is 0. The van der Waals surface area contributed by atoms with Gasteiger partial charge in [0.2, 0.25) is 0 Å². The Morgan fingerprint density at radius 3 is 2.43 bits per heavy atom. The molecule has 0 heterocycles. The molecule has 44 valence electrons. The molecule has 4 heteroatoms. The van der Waals surface area contributed by atoms with Crippen LogP contribution in [0.25, 0.3) is 0 Å². The first kappa shape index (κ1) is 7.04. The third kappa shape index (κ3) is 6.04. The van der Waals surface area contributed by atoms with Gasteiger partial charge in [0.15, 0.2) is 11.1 Å². The maximum absolute atomic E-state index is 11.1. The average Bonchev–Trinajstić information content (AvgIpc) is 1.61. The number of halogens is 1. The number of alkyl halides is 1. The molecule has 0 aromatic carbocycles. The van der Waals surface area contributed by atoms with Crippen molar-refractivity contribution in [1.29, 1.82) is 0 Å². The molecular formula is C3H7FO2S. The van der Waals surface area contributed by atoms with Crippen LogP contribution < -0.4 is 0 Å². The van der Waals surface area contributed by atoms with Crippen molar-refractivity contribution in [3.8, 4) is 0 Å². The zero-order valence-electron chi connectivity index (χ0n) is 3.76. The van der Waals surface area contributed by atoms with Crippen LogP contribution in [0.1, 0.15) is 6.42 Å². The molecule has 0 bridgehead atoms. The highest BCUT2D eigenvalue weighted by Gasteiger charge is 1.89. The second-order valence-electron chi connectivity index (χ2n) is 1.07. The summed E-state index contributed by atoms with van der Waals surface area (Å²) in [6.07, 6.45) is 0.184. The number of rotatable bonds is 3. The van der Waals surface area contributed by atoms with Crippen LogP contribution in [0.3, 0.4) is 0 Å². The lowest BCUT2D eigenvalue weighted by molar-refractivity contribution is 0.481. The fourth-order valence-electron chi connectivity index (χ4n) is 0.178. The van der Waals surface area contributed by atoms with Crippen molar-refractivity contribution < 1.29 is 13.2 Å². The fourth-order valence-corrected chi connectivity index (χ4v) is 0.534. The van der Waals surface area contributed by atoms with E-state index in [1.165, 1.54) is 0 Å². The van der Waals surface area contributed by atoms with Crippen LogP contribution in [0.4, 0.5) is 4.39 Å². The molecule has 1 N–H and O–H groups in total. The van der Waals surface area contributed by atoms with Gasteiger partial charge in [0.05, 0.1) is 12.4 Å². The van der Waals surface area contributed by atoms with E-state index in [1.54, 1.807) is 0 Å². The second kappa shape index (κ2) is 4.21. The topological polar surface area (TPSA) is 37.3 Å². The van der Waals surface area contributed by atoms with Gasteiger partial charge in [-0.05, 0) is 6.42 Å². The van der Waals surface area contributed by atoms with Gasteiger partial charge >= 0.3 is 0 Å². The highest BCUT2D eigenvalue weighted by molar-refractivity contribution is 7.79. The van der Waals surface area contributed by atoms with Crippen LogP contribution in [0.5, 0.6) is 0 Å². The van der Waals surface area contributed by atoms with Gasteiger partial charge in [-0.25, -0.2) is 4.21 Å². The van der Waals surface area contributed by atoms with Crippen molar-refractivity contribution in [2.45, 2.75) is 6.42 Å². The summed E-state index contributed by atoms with van der Waals surface area (Å²) in [7, 11) is 0. The average molecular weight is 126 g/mol. The zero-order chi connectivity index (χ0) is 5.70. The SMILES string of the molecule is O=S(O)CCCF. The Morgan fingerprint density at radius 2 is 2.29 bits per heavy atom. The molecule has 0 rings (SSSR count). The molecular weight excluding hydrogens is 119 g/mol. The molecule has 0 aromatic rings. The third-order valence-corrected chi connectivity index (χ3v) is 1.09. The Balaban J connectivity index is 2.82. The molecule has 0 radical (unpaired) electrons. The molecule has 0 fully saturated rings. The maximum atomic E-state index is 11.1. The Morgan fingerprint density at radius 1 is 1.71 bits per heavy atom. The summed E-state index contributed by atoms with van der Waals surface area (Å²) >= 11 is -1.81. The van der Waals surface area contributed by atoms with Crippen LogP contribution >= 0.6 is 0 Å². The van der Waals surface area contributed by atoms with E-state index in [0.717, 1.165) is 0 Å². The lowest BCUT2D eigenvalue weighted by Gasteiger charge is -1.84. The van der Waals surface area contributed by atoms with Gasteiger partial charge in [-0.3, -0.25) is 4.39 Å². The predicted octanol–water partition coefficient (Wildman–Crippen LogP) is 0.568. The molecule has 0 aromatic heterocycles. The van der Waals surface area contributed by atoms with Gasteiger partial charge < -0.3 is 4.55 Å². The van der Waals surface area contributed by atoms with E-state index in [-0.39, 0.29) is 12.2 Å². The Hall–Kier alpha value is 0.0400. The standard InChI is InChI=1S/C3H7FO2S/c4-2-1-3-7(5)6/h1-3H2,(H,5,6). The van der Waals surface area contributed by atoms with Crippen molar-refractivity contribution in [2.75, 3.05) is 12.4 Å².